The Morgan fingerprint density at radius 3 is 2.47 bits per heavy atom. The van der Waals surface area contributed by atoms with Gasteiger partial charge in [0.25, 0.3) is 0 Å². The van der Waals surface area contributed by atoms with E-state index in [0.29, 0.717) is 5.69 Å². The second kappa shape index (κ2) is 5.69. The molecular formula is C10H12N6O2S. The van der Waals surface area contributed by atoms with Gasteiger partial charge in [0.1, 0.15) is 4.90 Å². The number of nitrogens with zero attached hydrogens (tertiary/aromatic N) is 3. The molecule has 9 heteroatoms. The zero-order valence-electron chi connectivity index (χ0n) is 9.81. The van der Waals surface area contributed by atoms with E-state index in [0.717, 1.165) is 0 Å². The van der Waals surface area contributed by atoms with Crippen molar-refractivity contribution in [3.8, 4) is 0 Å². The number of anilines is 1. The Bertz CT molecular complexity index is 629. The highest BCUT2D eigenvalue weighted by molar-refractivity contribution is 7.89. The van der Waals surface area contributed by atoms with Gasteiger partial charge in [0.2, 0.25) is 16.0 Å². The van der Waals surface area contributed by atoms with Gasteiger partial charge in [-0.15, -0.1) is 0 Å². The summed E-state index contributed by atoms with van der Waals surface area (Å²) in [5.41, 5.74) is 2.83. The number of nitrogens with two attached hydrogens (primary N) is 1. The van der Waals surface area contributed by atoms with Crippen LogP contribution in [0.4, 0.5) is 5.95 Å². The van der Waals surface area contributed by atoms with E-state index in [1.54, 1.807) is 24.4 Å². The molecule has 19 heavy (non-hydrogen) atoms. The fourth-order valence-corrected chi connectivity index (χ4v) is 2.17. The van der Waals surface area contributed by atoms with Gasteiger partial charge in [0.15, 0.2) is 0 Å². The van der Waals surface area contributed by atoms with E-state index in [4.69, 9.17) is 5.84 Å². The first kappa shape index (κ1) is 13.3. The monoisotopic (exact) mass is 280 g/mol. The second-order valence-corrected chi connectivity index (χ2v) is 5.30. The third kappa shape index (κ3) is 3.44. The van der Waals surface area contributed by atoms with Crippen LogP contribution in [0.5, 0.6) is 0 Å². The van der Waals surface area contributed by atoms with Gasteiger partial charge < -0.3 is 0 Å². The standard InChI is InChI=1S/C10H12N6O2S/c11-16-10-13-6-9(7-14-10)19(17,18)15-5-8-3-1-2-4-12-8/h1-4,6-7,15H,5,11H2,(H,13,14,16). The molecule has 8 nitrogen and oxygen atoms in total. The SMILES string of the molecule is NNc1ncc(S(=O)(=O)NCc2ccccn2)cn1. The minimum absolute atomic E-state index is 0.0394. The molecule has 0 radical (unpaired) electrons. The molecule has 0 amide bonds. The highest BCUT2D eigenvalue weighted by Crippen LogP contribution is 2.07. The van der Waals surface area contributed by atoms with Crippen molar-refractivity contribution in [1.29, 1.82) is 0 Å². The maximum atomic E-state index is 11.9. The van der Waals surface area contributed by atoms with Gasteiger partial charge in [-0.2, -0.15) is 0 Å². The molecule has 0 spiro atoms. The maximum absolute atomic E-state index is 11.9. The summed E-state index contributed by atoms with van der Waals surface area (Å²) < 4.78 is 26.3. The molecule has 0 saturated heterocycles. The van der Waals surface area contributed by atoms with Crippen LogP contribution in [-0.4, -0.2) is 23.4 Å². The first-order valence-electron chi connectivity index (χ1n) is 5.30. The Hall–Kier alpha value is -2.10. The number of hydrazine groups is 1. The predicted octanol–water partition coefficient (Wildman–Crippen LogP) is -0.364. The molecule has 2 heterocycles. The molecule has 0 fully saturated rings. The second-order valence-electron chi connectivity index (χ2n) is 3.53. The Morgan fingerprint density at radius 1 is 1.16 bits per heavy atom. The van der Waals surface area contributed by atoms with Crippen LogP contribution in [0.1, 0.15) is 5.69 Å². The summed E-state index contributed by atoms with van der Waals surface area (Å²) in [5.74, 6) is 5.24. The van der Waals surface area contributed by atoms with Crippen LogP contribution in [0.25, 0.3) is 0 Å². The highest BCUT2D eigenvalue weighted by atomic mass is 32.2. The number of aromatic nitrogens is 3. The normalized spacial score (nSPS) is 11.2. The van der Waals surface area contributed by atoms with Crippen LogP contribution >= 0.6 is 0 Å². The van der Waals surface area contributed by atoms with E-state index in [-0.39, 0.29) is 17.4 Å². The smallest absolute Gasteiger partial charge is 0.243 e. The average molecular weight is 280 g/mol. The van der Waals surface area contributed by atoms with Crippen molar-refractivity contribution in [3.63, 3.8) is 0 Å². The van der Waals surface area contributed by atoms with Gasteiger partial charge in [0, 0.05) is 6.20 Å². The number of sulfonamides is 1. The van der Waals surface area contributed by atoms with Crippen molar-refractivity contribution < 1.29 is 8.42 Å². The fraction of sp³-hybridized carbons (Fsp3) is 0.100. The molecule has 0 unspecified atom stereocenters. The lowest BCUT2D eigenvalue weighted by Gasteiger charge is -2.06. The van der Waals surface area contributed by atoms with E-state index in [2.05, 4.69) is 25.1 Å². The Balaban J connectivity index is 2.09. The van der Waals surface area contributed by atoms with Crippen LogP contribution < -0.4 is 16.0 Å². The molecule has 0 bridgehead atoms. The van der Waals surface area contributed by atoms with E-state index in [1.807, 2.05) is 0 Å². The van der Waals surface area contributed by atoms with Gasteiger partial charge in [-0.3, -0.25) is 10.4 Å². The molecule has 2 rings (SSSR count). The molecule has 2 aromatic heterocycles. The molecule has 0 aliphatic rings. The minimum atomic E-state index is -3.67. The lowest BCUT2D eigenvalue weighted by atomic mass is 10.4. The van der Waals surface area contributed by atoms with Crippen LogP contribution in [0.15, 0.2) is 41.7 Å². The molecular weight excluding hydrogens is 268 g/mol. The summed E-state index contributed by atoms with van der Waals surface area (Å²) in [6.45, 7) is 0.0973. The third-order valence-corrected chi connectivity index (χ3v) is 3.59. The van der Waals surface area contributed by atoms with Gasteiger partial charge in [-0.1, -0.05) is 6.07 Å². The van der Waals surface area contributed by atoms with Crippen molar-refractivity contribution in [1.82, 2.24) is 19.7 Å². The zero-order chi connectivity index (χ0) is 13.7. The number of nitrogen functional groups attached to an aromatic ring is 1. The van der Waals surface area contributed by atoms with E-state index < -0.39 is 10.0 Å². The molecule has 0 aliphatic carbocycles. The number of pyridine rings is 1. The van der Waals surface area contributed by atoms with Crippen LogP contribution in [0.3, 0.4) is 0 Å². The largest absolute Gasteiger partial charge is 0.292 e. The van der Waals surface area contributed by atoms with Crippen molar-refractivity contribution in [2.45, 2.75) is 11.4 Å². The summed E-state index contributed by atoms with van der Waals surface area (Å²) in [6.07, 6.45) is 3.93. The number of nitrogens with one attached hydrogen (secondary N) is 2. The molecule has 100 valence electrons. The van der Waals surface area contributed by atoms with E-state index in [1.165, 1.54) is 12.4 Å². The topological polar surface area (TPSA) is 123 Å². The Kier molecular flexibility index (Phi) is 4.00. The summed E-state index contributed by atoms with van der Waals surface area (Å²) in [7, 11) is -3.67. The molecule has 4 N–H and O–H groups in total. The van der Waals surface area contributed by atoms with E-state index >= 15 is 0 Å². The molecule has 0 atom stereocenters. The Labute approximate surface area is 110 Å². The van der Waals surface area contributed by atoms with Gasteiger partial charge in [0.05, 0.1) is 24.6 Å². The lowest BCUT2D eigenvalue weighted by Crippen LogP contribution is -2.24. The average Bonchev–Trinajstić information content (AvgIpc) is 2.46. The Morgan fingerprint density at radius 2 is 1.89 bits per heavy atom. The summed E-state index contributed by atoms with van der Waals surface area (Å²) >= 11 is 0. The van der Waals surface area contributed by atoms with Crippen LogP contribution in [0.2, 0.25) is 0 Å². The number of rotatable bonds is 5. The van der Waals surface area contributed by atoms with Crippen LogP contribution in [-0.2, 0) is 16.6 Å². The fourth-order valence-electron chi connectivity index (χ4n) is 1.28. The first-order chi connectivity index (χ1) is 9.12. The van der Waals surface area contributed by atoms with Crippen molar-refractivity contribution >= 4 is 16.0 Å². The van der Waals surface area contributed by atoms with E-state index in [9.17, 15) is 8.42 Å². The first-order valence-corrected chi connectivity index (χ1v) is 6.78. The summed E-state index contributed by atoms with van der Waals surface area (Å²) in [4.78, 5) is 11.5. The zero-order valence-corrected chi connectivity index (χ0v) is 10.6. The number of hydrogen-bond donors (Lipinski definition) is 3. The molecule has 0 saturated carbocycles. The summed E-state index contributed by atoms with van der Waals surface area (Å²) in [5, 5.41) is 0. The summed E-state index contributed by atoms with van der Waals surface area (Å²) in [6, 6.07) is 5.26. The lowest BCUT2D eigenvalue weighted by molar-refractivity contribution is 0.579. The van der Waals surface area contributed by atoms with Crippen molar-refractivity contribution in [3.05, 3.63) is 42.5 Å². The van der Waals surface area contributed by atoms with Gasteiger partial charge in [-0.05, 0) is 12.1 Å². The molecule has 0 aromatic carbocycles. The van der Waals surface area contributed by atoms with Crippen molar-refractivity contribution in [2.75, 3.05) is 5.43 Å². The minimum Gasteiger partial charge on any atom is -0.292 e. The quantitative estimate of drug-likeness (QED) is 0.504. The number of hydrogen-bond acceptors (Lipinski definition) is 7. The molecule has 0 aliphatic heterocycles. The maximum Gasteiger partial charge on any atom is 0.243 e. The highest BCUT2D eigenvalue weighted by Gasteiger charge is 2.15. The predicted molar refractivity (Wildman–Crippen MR) is 68.1 cm³/mol. The molecule has 2 aromatic rings. The van der Waals surface area contributed by atoms with Crippen molar-refractivity contribution in [2.24, 2.45) is 5.84 Å². The van der Waals surface area contributed by atoms with Gasteiger partial charge >= 0.3 is 0 Å². The third-order valence-electron chi connectivity index (χ3n) is 2.24. The van der Waals surface area contributed by atoms with Gasteiger partial charge in [-0.25, -0.2) is 29.0 Å². The van der Waals surface area contributed by atoms with Crippen LogP contribution in [0, 0.1) is 0 Å².